The highest BCUT2D eigenvalue weighted by atomic mass is 16.3. The Kier molecular flexibility index (Phi) is 4.12. The second-order valence-electron chi connectivity index (χ2n) is 8.32. The maximum Gasteiger partial charge on any atom is 0.123 e. The quantitative estimate of drug-likeness (QED) is 0.688. The van der Waals surface area contributed by atoms with Gasteiger partial charge in [-0.3, -0.25) is 0 Å². The van der Waals surface area contributed by atoms with Crippen LogP contribution < -0.4 is 0 Å². The second-order valence-corrected chi connectivity index (χ2v) is 8.32. The molecular formula is C21H28O. The van der Waals surface area contributed by atoms with Crippen LogP contribution in [-0.2, 0) is 10.8 Å². The zero-order valence-electron chi connectivity index (χ0n) is 14.9. The van der Waals surface area contributed by atoms with Crippen LogP contribution in [0.15, 0.2) is 36.4 Å². The van der Waals surface area contributed by atoms with Crippen LogP contribution in [0.3, 0.4) is 0 Å². The lowest BCUT2D eigenvalue weighted by molar-refractivity contribution is 0.477. The molecule has 1 nitrogen and oxygen atoms in total. The molecule has 2 aromatic rings. The van der Waals surface area contributed by atoms with Gasteiger partial charge in [-0.15, -0.1) is 0 Å². The van der Waals surface area contributed by atoms with Crippen LogP contribution in [0.1, 0.15) is 58.2 Å². The highest BCUT2D eigenvalue weighted by Gasteiger charge is 2.21. The lowest BCUT2D eigenvalue weighted by Gasteiger charge is -2.26. The highest BCUT2D eigenvalue weighted by molar-refractivity contribution is 5.72. The molecular weight excluding hydrogens is 268 g/mol. The van der Waals surface area contributed by atoms with Crippen LogP contribution in [0.25, 0.3) is 11.1 Å². The van der Waals surface area contributed by atoms with Crippen molar-refractivity contribution in [2.24, 2.45) is 0 Å². The van der Waals surface area contributed by atoms with Crippen molar-refractivity contribution in [3.05, 3.63) is 53.1 Å². The Morgan fingerprint density at radius 2 is 1.23 bits per heavy atom. The molecule has 0 heterocycles. The van der Waals surface area contributed by atoms with E-state index in [4.69, 9.17) is 0 Å². The number of benzene rings is 2. The van der Waals surface area contributed by atoms with Crippen LogP contribution in [0.4, 0.5) is 0 Å². The van der Waals surface area contributed by atoms with E-state index in [9.17, 15) is 5.11 Å². The van der Waals surface area contributed by atoms with Gasteiger partial charge < -0.3 is 5.11 Å². The fraction of sp³-hybridized carbons (Fsp3) is 0.429. The predicted molar refractivity (Wildman–Crippen MR) is 95.7 cm³/mol. The van der Waals surface area contributed by atoms with E-state index >= 15 is 0 Å². The summed E-state index contributed by atoms with van der Waals surface area (Å²) in [6, 6.07) is 12.5. The first-order valence-electron chi connectivity index (χ1n) is 7.94. The normalized spacial score (nSPS) is 12.5. The molecule has 22 heavy (non-hydrogen) atoms. The molecule has 0 amide bonds. The van der Waals surface area contributed by atoms with E-state index in [0.29, 0.717) is 5.75 Å². The third-order valence-electron chi connectivity index (χ3n) is 4.13. The first-order valence-corrected chi connectivity index (χ1v) is 7.94. The number of phenolic OH excluding ortho intramolecular Hbond substituents is 1. The lowest BCUT2D eigenvalue weighted by atomic mass is 9.79. The number of phenols is 1. The molecule has 2 aromatic carbocycles. The molecule has 0 atom stereocenters. The molecule has 0 bridgehead atoms. The summed E-state index contributed by atoms with van der Waals surface area (Å²) in [5.41, 5.74) is 5.93. The van der Waals surface area contributed by atoms with E-state index in [2.05, 4.69) is 72.7 Å². The highest BCUT2D eigenvalue weighted by Crippen LogP contribution is 2.37. The fourth-order valence-corrected chi connectivity index (χ4v) is 2.53. The van der Waals surface area contributed by atoms with Gasteiger partial charge in [0, 0.05) is 5.56 Å². The second kappa shape index (κ2) is 5.46. The maximum absolute atomic E-state index is 10.3. The molecule has 1 heteroatoms. The average Bonchev–Trinajstić information content (AvgIpc) is 2.39. The van der Waals surface area contributed by atoms with Crippen LogP contribution in [0, 0.1) is 6.92 Å². The van der Waals surface area contributed by atoms with Gasteiger partial charge in [0.05, 0.1) is 0 Å². The molecule has 0 aromatic heterocycles. The summed E-state index contributed by atoms with van der Waals surface area (Å²) in [5.74, 6) is 0.344. The molecule has 0 unspecified atom stereocenters. The molecule has 0 spiro atoms. The summed E-state index contributed by atoms with van der Waals surface area (Å²) in [4.78, 5) is 0. The van der Waals surface area contributed by atoms with Crippen molar-refractivity contribution in [1.82, 2.24) is 0 Å². The fourth-order valence-electron chi connectivity index (χ4n) is 2.53. The monoisotopic (exact) mass is 296 g/mol. The van der Waals surface area contributed by atoms with Crippen molar-refractivity contribution in [2.45, 2.75) is 59.3 Å². The van der Waals surface area contributed by atoms with Crippen molar-refractivity contribution in [3.63, 3.8) is 0 Å². The van der Waals surface area contributed by atoms with Crippen molar-refractivity contribution < 1.29 is 5.11 Å². The smallest absolute Gasteiger partial charge is 0.123 e. The largest absolute Gasteiger partial charge is 0.507 e. The predicted octanol–water partition coefficient (Wildman–Crippen LogP) is 5.96. The molecule has 0 saturated heterocycles. The van der Waals surface area contributed by atoms with Gasteiger partial charge in [0.1, 0.15) is 5.75 Å². The Morgan fingerprint density at radius 1 is 0.727 bits per heavy atom. The molecule has 1 N–H and O–H groups in total. The minimum absolute atomic E-state index is 0.0788. The Morgan fingerprint density at radius 3 is 1.68 bits per heavy atom. The van der Waals surface area contributed by atoms with Crippen LogP contribution >= 0.6 is 0 Å². The summed E-state index contributed by atoms with van der Waals surface area (Å²) < 4.78 is 0. The van der Waals surface area contributed by atoms with Crippen LogP contribution in [0.5, 0.6) is 5.75 Å². The van der Waals surface area contributed by atoms with Gasteiger partial charge in [0.25, 0.3) is 0 Å². The van der Waals surface area contributed by atoms with Gasteiger partial charge >= 0.3 is 0 Å². The molecule has 0 radical (unpaired) electrons. The third-order valence-corrected chi connectivity index (χ3v) is 4.13. The van der Waals surface area contributed by atoms with Crippen molar-refractivity contribution in [1.29, 1.82) is 0 Å². The van der Waals surface area contributed by atoms with Crippen LogP contribution in [0.2, 0.25) is 0 Å². The van der Waals surface area contributed by atoms with E-state index in [1.165, 1.54) is 11.1 Å². The van der Waals surface area contributed by atoms with Gasteiger partial charge in [-0.2, -0.15) is 0 Å². The SMILES string of the molecule is Cc1ccc(O)c(-c2cc(C(C)(C)C)cc(C(C)(C)C)c2)c1. The minimum Gasteiger partial charge on any atom is -0.507 e. The van der Waals surface area contributed by atoms with E-state index in [1.807, 2.05) is 6.07 Å². The first kappa shape index (κ1) is 16.6. The molecule has 0 aliphatic carbocycles. The first-order chi connectivity index (χ1) is 9.98. The van der Waals surface area contributed by atoms with Crippen molar-refractivity contribution in [2.75, 3.05) is 0 Å². The third kappa shape index (κ3) is 3.52. The number of hydrogen-bond acceptors (Lipinski definition) is 1. The van der Waals surface area contributed by atoms with Gasteiger partial charge in [0.2, 0.25) is 0 Å². The summed E-state index contributed by atoms with van der Waals surface area (Å²) in [6.07, 6.45) is 0. The standard InChI is InChI=1S/C21H28O/c1-14-8-9-19(22)18(10-14)15-11-16(20(2,3)4)13-17(12-15)21(5,6)7/h8-13,22H,1-7H3. The van der Waals surface area contributed by atoms with Gasteiger partial charge in [-0.25, -0.2) is 0 Å². The number of aryl methyl sites for hydroxylation is 1. The van der Waals surface area contributed by atoms with Crippen molar-refractivity contribution >= 4 is 0 Å². The Bertz CT molecular complexity index is 650. The van der Waals surface area contributed by atoms with Crippen molar-refractivity contribution in [3.8, 4) is 16.9 Å². The Hall–Kier alpha value is -1.76. The van der Waals surface area contributed by atoms with Gasteiger partial charge in [-0.05, 0) is 46.6 Å². The number of aromatic hydroxyl groups is 1. The molecule has 0 fully saturated rings. The molecule has 2 rings (SSSR count). The van der Waals surface area contributed by atoms with Gasteiger partial charge in [0.15, 0.2) is 0 Å². The van der Waals surface area contributed by atoms with E-state index < -0.39 is 0 Å². The molecule has 118 valence electrons. The molecule has 0 aliphatic heterocycles. The number of hydrogen-bond donors (Lipinski definition) is 1. The van der Waals surface area contributed by atoms with E-state index in [0.717, 1.165) is 16.7 Å². The molecule has 0 saturated carbocycles. The summed E-state index contributed by atoms with van der Waals surface area (Å²) in [7, 11) is 0. The van der Waals surface area contributed by atoms with Crippen LogP contribution in [-0.4, -0.2) is 5.11 Å². The summed E-state index contributed by atoms with van der Waals surface area (Å²) in [6.45, 7) is 15.4. The zero-order chi connectivity index (χ0) is 16.7. The average molecular weight is 296 g/mol. The lowest BCUT2D eigenvalue weighted by Crippen LogP contribution is -2.16. The maximum atomic E-state index is 10.3. The Balaban J connectivity index is 2.73. The minimum atomic E-state index is 0.0788. The summed E-state index contributed by atoms with van der Waals surface area (Å²) >= 11 is 0. The van der Waals surface area contributed by atoms with E-state index in [-0.39, 0.29) is 10.8 Å². The number of rotatable bonds is 1. The van der Waals surface area contributed by atoms with Gasteiger partial charge in [-0.1, -0.05) is 71.4 Å². The zero-order valence-corrected chi connectivity index (χ0v) is 14.9. The molecule has 0 aliphatic rings. The topological polar surface area (TPSA) is 20.2 Å². The summed E-state index contributed by atoms with van der Waals surface area (Å²) in [5, 5.41) is 10.3. The van der Waals surface area contributed by atoms with E-state index in [1.54, 1.807) is 6.07 Å². The Labute approximate surface area is 135 Å².